The summed E-state index contributed by atoms with van der Waals surface area (Å²) in [6, 6.07) is 17.1. The van der Waals surface area contributed by atoms with Crippen molar-refractivity contribution in [3.63, 3.8) is 0 Å². The maximum atomic E-state index is 12.2. The predicted octanol–water partition coefficient (Wildman–Crippen LogP) is 5.66. The first-order valence-electron chi connectivity index (χ1n) is 12.1. The van der Waals surface area contributed by atoms with Gasteiger partial charge in [0, 0.05) is 0 Å². The highest BCUT2D eigenvalue weighted by atomic mass is 16.6. The number of benzene rings is 2. The highest BCUT2D eigenvalue weighted by Crippen LogP contribution is 2.23. The fraction of sp³-hybridized carbons (Fsp3) is 0.536. The van der Waals surface area contributed by atoms with Gasteiger partial charge in [-0.05, 0) is 68.7 Å². The van der Waals surface area contributed by atoms with E-state index < -0.39 is 17.2 Å². The summed E-state index contributed by atoms with van der Waals surface area (Å²) in [5.41, 5.74) is 3.01. The van der Waals surface area contributed by atoms with Crippen LogP contribution >= 0.6 is 0 Å². The summed E-state index contributed by atoms with van der Waals surface area (Å²) in [6.07, 6.45) is 6.59. The number of hydrogen-bond acceptors (Lipinski definition) is 4. The Hall–Kier alpha value is -2.37. The number of nitrogens with one attached hydrogen (secondary N) is 1. The highest BCUT2D eigenvalue weighted by molar-refractivity contribution is 5.69. The van der Waals surface area contributed by atoms with Gasteiger partial charge in [0.15, 0.2) is 0 Å². The Labute approximate surface area is 199 Å². The molecule has 0 radical (unpaired) electrons. The van der Waals surface area contributed by atoms with Crippen LogP contribution in [0.4, 0.5) is 4.79 Å². The number of unbranched alkanes of at least 4 members (excludes halogenated alkanes) is 3. The van der Waals surface area contributed by atoms with Crippen molar-refractivity contribution in [2.45, 2.75) is 83.8 Å². The molecule has 2 rings (SSSR count). The van der Waals surface area contributed by atoms with Gasteiger partial charge in [-0.1, -0.05) is 74.7 Å². The molecule has 0 spiro atoms. The molecule has 0 aliphatic rings. The lowest BCUT2D eigenvalue weighted by Gasteiger charge is -2.32. The molecular formula is C28H41NO4. The molecule has 0 bridgehead atoms. The third kappa shape index (κ3) is 9.18. The molecule has 0 aliphatic carbocycles. The van der Waals surface area contributed by atoms with Crippen LogP contribution < -0.4 is 5.32 Å². The van der Waals surface area contributed by atoms with Crippen molar-refractivity contribution >= 4 is 6.09 Å². The van der Waals surface area contributed by atoms with E-state index >= 15 is 0 Å². The van der Waals surface area contributed by atoms with E-state index in [1.807, 2.05) is 0 Å². The van der Waals surface area contributed by atoms with E-state index in [2.05, 4.69) is 60.8 Å². The second kappa shape index (κ2) is 12.8. The maximum absolute atomic E-state index is 12.2. The summed E-state index contributed by atoms with van der Waals surface area (Å²) < 4.78 is 5.28. The quantitative estimate of drug-likeness (QED) is 0.361. The average Bonchev–Trinajstić information content (AvgIpc) is 2.79. The van der Waals surface area contributed by atoms with Gasteiger partial charge in [-0.3, -0.25) is 0 Å². The third-order valence-electron chi connectivity index (χ3n) is 5.82. The van der Waals surface area contributed by atoms with Gasteiger partial charge in [0.05, 0.1) is 18.8 Å². The topological polar surface area (TPSA) is 78.8 Å². The zero-order valence-corrected chi connectivity index (χ0v) is 20.7. The van der Waals surface area contributed by atoms with Gasteiger partial charge in [-0.2, -0.15) is 0 Å². The van der Waals surface area contributed by atoms with Gasteiger partial charge < -0.3 is 20.3 Å². The summed E-state index contributed by atoms with van der Waals surface area (Å²) in [5, 5.41) is 22.4. The fourth-order valence-corrected chi connectivity index (χ4v) is 3.74. The van der Waals surface area contributed by atoms with Crippen LogP contribution in [0.25, 0.3) is 11.1 Å². The van der Waals surface area contributed by atoms with Crippen LogP contribution in [0.2, 0.25) is 0 Å². The molecule has 0 aliphatic heterocycles. The lowest BCUT2D eigenvalue weighted by atomic mass is 9.92. The first-order chi connectivity index (χ1) is 15.7. The standard InChI is InChI=1S/C28H41NO4/c1-5-6-7-8-9-22-10-14-24(15-11-22)25-16-12-23(13-17-25)18-19-28(20-30,21-31)29-26(32)33-27(2,3)4/h10-17,30-31H,5-9,18-21H2,1-4H3,(H,29,32). The molecule has 3 N–H and O–H groups in total. The molecule has 0 saturated heterocycles. The zero-order chi connectivity index (χ0) is 24.3. The molecule has 0 fully saturated rings. The summed E-state index contributed by atoms with van der Waals surface area (Å²) in [7, 11) is 0. The molecular weight excluding hydrogens is 414 g/mol. The Kier molecular flexibility index (Phi) is 10.4. The Morgan fingerprint density at radius 1 is 0.818 bits per heavy atom. The summed E-state index contributed by atoms with van der Waals surface area (Å²) in [4.78, 5) is 12.2. The Bertz CT molecular complexity index is 834. The first kappa shape index (κ1) is 26.9. The van der Waals surface area contributed by atoms with Gasteiger partial charge >= 0.3 is 6.09 Å². The number of amides is 1. The number of hydrogen-bond donors (Lipinski definition) is 3. The van der Waals surface area contributed by atoms with E-state index in [1.54, 1.807) is 20.8 Å². The fourth-order valence-electron chi connectivity index (χ4n) is 3.74. The average molecular weight is 456 g/mol. The Morgan fingerprint density at radius 2 is 1.33 bits per heavy atom. The monoisotopic (exact) mass is 455 g/mol. The van der Waals surface area contributed by atoms with Crippen LogP contribution in [-0.4, -0.2) is 40.7 Å². The number of carbonyl (C=O) groups excluding carboxylic acids is 1. The third-order valence-corrected chi connectivity index (χ3v) is 5.82. The van der Waals surface area contributed by atoms with Crippen LogP contribution in [0.5, 0.6) is 0 Å². The molecule has 0 unspecified atom stereocenters. The second-order valence-electron chi connectivity index (χ2n) is 9.93. The van der Waals surface area contributed by atoms with Gasteiger partial charge in [-0.15, -0.1) is 0 Å². The molecule has 0 aromatic heterocycles. The van der Waals surface area contributed by atoms with Crippen LogP contribution in [0, 0.1) is 0 Å². The lowest BCUT2D eigenvalue weighted by molar-refractivity contribution is 0.0276. The van der Waals surface area contributed by atoms with E-state index in [0.717, 1.165) is 17.5 Å². The number of rotatable bonds is 12. The molecule has 5 nitrogen and oxygen atoms in total. The highest BCUT2D eigenvalue weighted by Gasteiger charge is 2.32. The molecule has 0 heterocycles. The molecule has 0 saturated carbocycles. The van der Waals surface area contributed by atoms with Gasteiger partial charge in [0.2, 0.25) is 0 Å². The molecule has 2 aromatic carbocycles. The van der Waals surface area contributed by atoms with Crippen molar-refractivity contribution in [2.75, 3.05) is 13.2 Å². The normalized spacial score (nSPS) is 11.9. The molecule has 1 amide bonds. The van der Waals surface area contributed by atoms with Crippen molar-refractivity contribution in [3.05, 3.63) is 59.7 Å². The van der Waals surface area contributed by atoms with Crippen LogP contribution in [0.1, 0.15) is 70.9 Å². The van der Waals surface area contributed by atoms with Crippen molar-refractivity contribution in [2.24, 2.45) is 0 Å². The number of carbonyl (C=O) groups is 1. The van der Waals surface area contributed by atoms with Crippen molar-refractivity contribution in [3.8, 4) is 11.1 Å². The first-order valence-corrected chi connectivity index (χ1v) is 12.1. The van der Waals surface area contributed by atoms with Gasteiger partial charge in [0.1, 0.15) is 5.60 Å². The van der Waals surface area contributed by atoms with E-state index in [4.69, 9.17) is 4.74 Å². The summed E-state index contributed by atoms with van der Waals surface area (Å²) >= 11 is 0. The molecule has 33 heavy (non-hydrogen) atoms. The number of ether oxygens (including phenoxy) is 1. The Balaban J connectivity index is 1.95. The minimum absolute atomic E-state index is 0.369. The van der Waals surface area contributed by atoms with E-state index in [9.17, 15) is 15.0 Å². The van der Waals surface area contributed by atoms with Crippen LogP contribution in [0.3, 0.4) is 0 Å². The smallest absolute Gasteiger partial charge is 0.408 e. The molecule has 182 valence electrons. The largest absolute Gasteiger partial charge is 0.444 e. The predicted molar refractivity (Wildman–Crippen MR) is 134 cm³/mol. The van der Waals surface area contributed by atoms with Crippen molar-refractivity contribution in [1.29, 1.82) is 0 Å². The van der Waals surface area contributed by atoms with Gasteiger partial charge in [-0.25, -0.2) is 4.79 Å². The summed E-state index contributed by atoms with van der Waals surface area (Å²) in [6.45, 7) is 6.81. The van der Waals surface area contributed by atoms with Crippen LogP contribution in [-0.2, 0) is 17.6 Å². The maximum Gasteiger partial charge on any atom is 0.408 e. The number of aliphatic hydroxyl groups excluding tert-OH is 2. The van der Waals surface area contributed by atoms with E-state index in [1.165, 1.54) is 36.8 Å². The minimum Gasteiger partial charge on any atom is -0.444 e. The van der Waals surface area contributed by atoms with E-state index in [-0.39, 0.29) is 13.2 Å². The number of aliphatic hydroxyl groups is 2. The SMILES string of the molecule is CCCCCCc1ccc(-c2ccc(CCC(CO)(CO)NC(=O)OC(C)(C)C)cc2)cc1. The van der Waals surface area contributed by atoms with Gasteiger partial charge in [0.25, 0.3) is 0 Å². The lowest BCUT2D eigenvalue weighted by Crippen LogP contribution is -2.55. The zero-order valence-electron chi connectivity index (χ0n) is 20.7. The molecule has 0 atom stereocenters. The minimum atomic E-state index is -1.13. The molecule has 5 heteroatoms. The van der Waals surface area contributed by atoms with E-state index in [0.29, 0.717) is 12.8 Å². The Morgan fingerprint density at radius 3 is 1.79 bits per heavy atom. The summed E-state index contributed by atoms with van der Waals surface area (Å²) in [5.74, 6) is 0. The molecule has 2 aromatic rings. The van der Waals surface area contributed by atoms with Crippen LogP contribution in [0.15, 0.2) is 48.5 Å². The second-order valence-corrected chi connectivity index (χ2v) is 9.93. The number of aryl methyl sites for hydroxylation is 2. The number of alkyl carbamates (subject to hydrolysis) is 1. The van der Waals surface area contributed by atoms with Crippen molar-refractivity contribution in [1.82, 2.24) is 5.32 Å². The van der Waals surface area contributed by atoms with Crippen molar-refractivity contribution < 1.29 is 19.7 Å².